The number of carbonyl (C=O) groups is 1. The lowest BCUT2D eigenvalue weighted by Crippen LogP contribution is -2.45. The Morgan fingerprint density at radius 3 is 2.80 bits per heavy atom. The molecule has 4 heteroatoms. The molecule has 2 aliphatic rings. The van der Waals surface area contributed by atoms with Gasteiger partial charge in [-0.1, -0.05) is 42.5 Å². The molecule has 0 radical (unpaired) electrons. The molecule has 0 bridgehead atoms. The third-order valence-electron chi connectivity index (χ3n) is 5.59. The Morgan fingerprint density at radius 2 is 2.00 bits per heavy atom. The predicted octanol–water partition coefficient (Wildman–Crippen LogP) is 3.10. The molecule has 1 N–H and O–H groups in total. The van der Waals surface area contributed by atoms with Crippen molar-refractivity contribution in [2.24, 2.45) is 0 Å². The van der Waals surface area contributed by atoms with Crippen LogP contribution in [0.3, 0.4) is 0 Å². The average molecular weight is 338 g/mol. The Hall–Kier alpha value is -1.91. The smallest absolute Gasteiger partial charge is 0.237 e. The number of carbonyl (C=O) groups excluding carboxylic acids is 1. The summed E-state index contributed by atoms with van der Waals surface area (Å²) >= 11 is 0. The Morgan fingerprint density at radius 1 is 1.24 bits per heavy atom. The topological polar surface area (TPSA) is 41.6 Å². The summed E-state index contributed by atoms with van der Waals surface area (Å²) in [5.74, 6) is 0.152. The molecule has 4 rings (SSSR count). The van der Waals surface area contributed by atoms with Crippen molar-refractivity contribution in [2.45, 2.75) is 50.5 Å². The van der Waals surface area contributed by atoms with Gasteiger partial charge in [0.15, 0.2) is 0 Å². The van der Waals surface area contributed by atoms with Crippen LogP contribution >= 0.6 is 0 Å². The van der Waals surface area contributed by atoms with Gasteiger partial charge in [-0.2, -0.15) is 0 Å². The van der Waals surface area contributed by atoms with Crippen molar-refractivity contribution in [3.8, 4) is 0 Å². The number of fused-ring (bicyclic) bond motifs is 1. The number of hydrogen-bond donors (Lipinski definition) is 1. The van der Waals surface area contributed by atoms with E-state index in [0.29, 0.717) is 6.61 Å². The van der Waals surface area contributed by atoms with Crippen LogP contribution in [0.5, 0.6) is 0 Å². The molecule has 4 nitrogen and oxygen atoms in total. The van der Waals surface area contributed by atoms with Crippen molar-refractivity contribution in [2.75, 3.05) is 13.6 Å². The molecule has 2 aromatic rings. The van der Waals surface area contributed by atoms with Crippen LogP contribution in [0.1, 0.15) is 31.7 Å². The van der Waals surface area contributed by atoms with Crippen LogP contribution in [-0.2, 0) is 16.1 Å². The molecule has 2 atom stereocenters. The highest BCUT2D eigenvalue weighted by atomic mass is 16.5. The molecule has 1 heterocycles. The molecular weight excluding hydrogens is 312 g/mol. The number of nitrogens with zero attached hydrogens (tertiary/aromatic N) is 1. The zero-order chi connectivity index (χ0) is 17.4. The van der Waals surface area contributed by atoms with E-state index >= 15 is 0 Å². The van der Waals surface area contributed by atoms with Crippen molar-refractivity contribution in [1.82, 2.24) is 10.2 Å². The third kappa shape index (κ3) is 3.55. The van der Waals surface area contributed by atoms with E-state index in [1.807, 2.05) is 7.05 Å². The maximum absolute atomic E-state index is 12.5. The van der Waals surface area contributed by atoms with E-state index in [1.54, 1.807) is 0 Å². The van der Waals surface area contributed by atoms with E-state index in [2.05, 4.69) is 59.6 Å². The first kappa shape index (κ1) is 16.6. The fourth-order valence-corrected chi connectivity index (χ4v) is 3.70. The highest BCUT2D eigenvalue weighted by Crippen LogP contribution is 2.35. The van der Waals surface area contributed by atoms with Gasteiger partial charge in [0.1, 0.15) is 0 Å². The lowest BCUT2D eigenvalue weighted by molar-refractivity contribution is -0.126. The van der Waals surface area contributed by atoms with Gasteiger partial charge in [-0.15, -0.1) is 0 Å². The van der Waals surface area contributed by atoms with Gasteiger partial charge in [0.2, 0.25) is 5.91 Å². The Labute approximate surface area is 149 Å². The normalized spacial score (nSPS) is 25.2. The molecule has 0 unspecified atom stereocenters. The number of amides is 1. The number of benzene rings is 2. The van der Waals surface area contributed by atoms with Crippen LogP contribution < -0.4 is 5.32 Å². The Balaban J connectivity index is 1.38. The molecule has 0 spiro atoms. The first-order chi connectivity index (χ1) is 12.0. The van der Waals surface area contributed by atoms with Gasteiger partial charge in [0, 0.05) is 12.1 Å². The summed E-state index contributed by atoms with van der Waals surface area (Å²) < 4.78 is 6.17. The second-order valence-electron chi connectivity index (χ2n) is 7.81. The predicted molar refractivity (Wildman–Crippen MR) is 99.3 cm³/mol. The molecule has 25 heavy (non-hydrogen) atoms. The summed E-state index contributed by atoms with van der Waals surface area (Å²) in [6.45, 7) is 3.51. The fourth-order valence-electron chi connectivity index (χ4n) is 3.70. The zero-order valence-corrected chi connectivity index (χ0v) is 15.0. The van der Waals surface area contributed by atoms with Gasteiger partial charge in [-0.05, 0) is 49.6 Å². The summed E-state index contributed by atoms with van der Waals surface area (Å²) in [5, 5.41) is 5.67. The fraction of sp³-hybridized carbons (Fsp3) is 0.476. The standard InChI is InChI=1S/C21H26N2O2/c1-21(10-11-21)22-20(24)19-12-17(13-23(19)2)25-14-16-8-5-7-15-6-3-4-9-18(15)16/h3-9,17,19H,10-14H2,1-2H3,(H,22,24)/t17-,19+/m1/s1. The van der Waals surface area contributed by atoms with Crippen molar-refractivity contribution in [3.63, 3.8) is 0 Å². The zero-order valence-electron chi connectivity index (χ0n) is 15.0. The molecule has 1 aliphatic heterocycles. The molecule has 1 saturated carbocycles. The van der Waals surface area contributed by atoms with Gasteiger partial charge in [0.25, 0.3) is 0 Å². The maximum atomic E-state index is 12.5. The molecule has 0 aromatic heterocycles. The van der Waals surface area contributed by atoms with E-state index in [1.165, 1.54) is 16.3 Å². The van der Waals surface area contributed by atoms with Crippen molar-refractivity contribution in [3.05, 3.63) is 48.0 Å². The average Bonchev–Trinajstić information content (AvgIpc) is 3.20. The highest BCUT2D eigenvalue weighted by Gasteiger charge is 2.42. The van der Waals surface area contributed by atoms with Crippen molar-refractivity contribution < 1.29 is 9.53 Å². The minimum Gasteiger partial charge on any atom is -0.372 e. The Kier molecular flexibility index (Phi) is 4.26. The second-order valence-corrected chi connectivity index (χ2v) is 7.81. The summed E-state index contributed by atoms with van der Waals surface area (Å²) in [6.07, 6.45) is 3.06. The van der Waals surface area contributed by atoms with E-state index in [9.17, 15) is 4.79 Å². The van der Waals surface area contributed by atoms with E-state index in [-0.39, 0.29) is 23.6 Å². The van der Waals surface area contributed by atoms with Crippen molar-refractivity contribution >= 4 is 16.7 Å². The Bertz CT molecular complexity index is 779. The van der Waals surface area contributed by atoms with Crippen LogP contribution in [0.4, 0.5) is 0 Å². The van der Waals surface area contributed by atoms with E-state index < -0.39 is 0 Å². The molecule has 1 saturated heterocycles. The minimum atomic E-state index is -0.0741. The number of likely N-dealkylation sites (N-methyl/N-ethyl adjacent to an activating group) is 1. The van der Waals surface area contributed by atoms with Gasteiger partial charge in [-0.25, -0.2) is 0 Å². The number of ether oxygens (including phenoxy) is 1. The van der Waals surface area contributed by atoms with Crippen LogP contribution in [0.15, 0.2) is 42.5 Å². The first-order valence-electron chi connectivity index (χ1n) is 9.15. The van der Waals surface area contributed by atoms with Crippen LogP contribution in [-0.4, -0.2) is 42.1 Å². The number of rotatable bonds is 5. The summed E-state index contributed by atoms with van der Waals surface area (Å²) in [6, 6.07) is 14.6. The molecule has 1 aliphatic carbocycles. The van der Waals surface area contributed by atoms with Crippen LogP contribution in [0.25, 0.3) is 10.8 Å². The first-order valence-corrected chi connectivity index (χ1v) is 9.15. The van der Waals surface area contributed by atoms with Gasteiger partial charge in [-0.3, -0.25) is 9.69 Å². The van der Waals surface area contributed by atoms with E-state index in [4.69, 9.17) is 4.74 Å². The van der Waals surface area contributed by atoms with Crippen LogP contribution in [0, 0.1) is 0 Å². The van der Waals surface area contributed by atoms with Crippen molar-refractivity contribution in [1.29, 1.82) is 0 Å². The summed E-state index contributed by atoms with van der Waals surface area (Å²) in [4.78, 5) is 14.6. The lowest BCUT2D eigenvalue weighted by Gasteiger charge is -2.20. The monoisotopic (exact) mass is 338 g/mol. The molecule has 2 aromatic carbocycles. The van der Waals surface area contributed by atoms with Gasteiger partial charge < -0.3 is 10.1 Å². The molecule has 132 valence electrons. The molecule has 2 fully saturated rings. The van der Waals surface area contributed by atoms with Gasteiger partial charge in [0.05, 0.1) is 18.8 Å². The van der Waals surface area contributed by atoms with Gasteiger partial charge >= 0.3 is 0 Å². The van der Waals surface area contributed by atoms with Crippen LogP contribution in [0.2, 0.25) is 0 Å². The number of likely N-dealkylation sites (tertiary alicyclic amines) is 1. The quantitative estimate of drug-likeness (QED) is 0.911. The maximum Gasteiger partial charge on any atom is 0.237 e. The largest absolute Gasteiger partial charge is 0.372 e. The third-order valence-corrected chi connectivity index (χ3v) is 5.59. The second kappa shape index (κ2) is 6.43. The highest BCUT2D eigenvalue weighted by molar-refractivity contribution is 5.85. The lowest BCUT2D eigenvalue weighted by atomic mass is 10.1. The summed E-state index contributed by atoms with van der Waals surface area (Å²) in [7, 11) is 2.01. The minimum absolute atomic E-state index is 0.0415. The summed E-state index contributed by atoms with van der Waals surface area (Å²) in [5.41, 5.74) is 1.25. The molecule has 1 amide bonds. The SMILES string of the molecule is CN1C[C@H](OCc2cccc3ccccc23)C[C@H]1C(=O)NC1(C)CC1. The number of nitrogens with one attached hydrogen (secondary N) is 1. The van der Waals surface area contributed by atoms with E-state index in [0.717, 1.165) is 25.8 Å². The molecular formula is C21H26N2O2. The number of hydrogen-bond acceptors (Lipinski definition) is 3.